The van der Waals surface area contributed by atoms with Crippen molar-refractivity contribution in [2.75, 3.05) is 7.05 Å². The van der Waals surface area contributed by atoms with Crippen LogP contribution in [0.3, 0.4) is 0 Å². The number of rotatable bonds is 3. The van der Waals surface area contributed by atoms with Gasteiger partial charge in [-0.05, 0) is 59.7 Å². The molecule has 0 aliphatic rings. The zero-order chi connectivity index (χ0) is 12.4. The van der Waals surface area contributed by atoms with Gasteiger partial charge in [0.05, 0.1) is 4.47 Å². The van der Waals surface area contributed by atoms with Crippen molar-refractivity contribution in [2.24, 2.45) is 0 Å². The monoisotopic (exact) mass is 313 g/mol. The molecule has 0 saturated carbocycles. The third-order valence-corrected chi connectivity index (χ3v) is 4.62. The lowest BCUT2D eigenvalue weighted by Gasteiger charge is -2.06. The first-order valence-electron chi connectivity index (χ1n) is 5.34. The topological polar surface area (TPSA) is 12.0 Å². The third-order valence-electron chi connectivity index (χ3n) is 2.69. The molecule has 1 heterocycles. The summed E-state index contributed by atoms with van der Waals surface area (Å²) in [5.41, 5.74) is 1.04. The van der Waals surface area contributed by atoms with E-state index in [4.69, 9.17) is 0 Å². The van der Waals surface area contributed by atoms with Crippen LogP contribution in [-0.4, -0.2) is 7.05 Å². The Bertz CT molecular complexity index is 524. The molecular formula is C13H13BrFNS. The molecule has 0 amide bonds. The minimum atomic E-state index is -0.228. The first kappa shape index (κ1) is 12.7. The predicted molar refractivity (Wildman–Crippen MR) is 74.9 cm³/mol. The first-order chi connectivity index (χ1) is 8.11. The Kier molecular flexibility index (Phi) is 3.97. The molecule has 0 spiro atoms. The molecule has 1 aromatic heterocycles. The summed E-state index contributed by atoms with van der Waals surface area (Å²) in [6.45, 7) is 2.12. The number of benzene rings is 1. The van der Waals surface area contributed by atoms with Crippen LogP contribution in [0.25, 0.3) is 10.4 Å². The van der Waals surface area contributed by atoms with E-state index in [1.165, 1.54) is 10.9 Å². The summed E-state index contributed by atoms with van der Waals surface area (Å²) in [6, 6.07) is 9.64. The molecule has 2 rings (SSSR count). The Morgan fingerprint density at radius 3 is 2.71 bits per heavy atom. The second kappa shape index (κ2) is 5.29. The molecular weight excluding hydrogens is 301 g/mol. The van der Waals surface area contributed by atoms with Crippen LogP contribution in [0.4, 0.5) is 4.39 Å². The average molecular weight is 314 g/mol. The molecule has 0 radical (unpaired) electrons. The van der Waals surface area contributed by atoms with Crippen molar-refractivity contribution >= 4 is 27.3 Å². The fourth-order valence-electron chi connectivity index (χ4n) is 1.53. The van der Waals surface area contributed by atoms with E-state index in [-0.39, 0.29) is 5.82 Å². The van der Waals surface area contributed by atoms with E-state index in [1.807, 2.05) is 13.1 Å². The molecule has 0 saturated heterocycles. The SMILES string of the molecule is CNC(C)c1ccc(-c2ccc(F)c(Br)c2)s1. The van der Waals surface area contributed by atoms with Gasteiger partial charge >= 0.3 is 0 Å². The lowest BCUT2D eigenvalue weighted by atomic mass is 10.2. The average Bonchev–Trinajstić information content (AvgIpc) is 2.81. The lowest BCUT2D eigenvalue weighted by molar-refractivity contribution is 0.621. The van der Waals surface area contributed by atoms with Gasteiger partial charge < -0.3 is 5.32 Å². The largest absolute Gasteiger partial charge is 0.313 e. The van der Waals surface area contributed by atoms with Crippen molar-refractivity contribution in [1.82, 2.24) is 5.32 Å². The van der Waals surface area contributed by atoms with Crippen LogP contribution in [0.5, 0.6) is 0 Å². The Hall–Kier alpha value is -0.710. The number of thiophene rings is 1. The van der Waals surface area contributed by atoms with Crippen LogP contribution in [-0.2, 0) is 0 Å². The number of hydrogen-bond donors (Lipinski definition) is 1. The van der Waals surface area contributed by atoms with E-state index in [9.17, 15) is 4.39 Å². The summed E-state index contributed by atoms with van der Waals surface area (Å²) < 4.78 is 13.7. The summed E-state index contributed by atoms with van der Waals surface area (Å²) in [7, 11) is 1.94. The van der Waals surface area contributed by atoms with Crippen molar-refractivity contribution in [3.05, 3.63) is 45.5 Å². The van der Waals surface area contributed by atoms with Crippen LogP contribution < -0.4 is 5.32 Å². The Balaban J connectivity index is 2.33. The van der Waals surface area contributed by atoms with Crippen molar-refractivity contribution < 1.29 is 4.39 Å². The van der Waals surface area contributed by atoms with Crippen LogP contribution in [0.1, 0.15) is 17.8 Å². The van der Waals surface area contributed by atoms with E-state index >= 15 is 0 Å². The third kappa shape index (κ3) is 2.76. The van der Waals surface area contributed by atoms with E-state index in [1.54, 1.807) is 17.4 Å². The molecule has 1 nitrogen and oxygen atoms in total. The summed E-state index contributed by atoms with van der Waals surface area (Å²) in [4.78, 5) is 2.44. The highest BCUT2D eigenvalue weighted by Gasteiger charge is 2.09. The van der Waals surface area contributed by atoms with Gasteiger partial charge in [-0.25, -0.2) is 4.39 Å². The standard InChI is InChI=1S/C13H13BrFNS/c1-8(16-2)12-5-6-13(17-12)9-3-4-11(15)10(14)7-9/h3-8,16H,1-2H3. The lowest BCUT2D eigenvalue weighted by Crippen LogP contribution is -2.10. The van der Waals surface area contributed by atoms with Crippen molar-refractivity contribution in [2.45, 2.75) is 13.0 Å². The number of halogens is 2. The quantitative estimate of drug-likeness (QED) is 0.873. The zero-order valence-corrected chi connectivity index (χ0v) is 12.0. The number of hydrogen-bond acceptors (Lipinski definition) is 2. The first-order valence-corrected chi connectivity index (χ1v) is 6.95. The molecule has 0 bridgehead atoms. The van der Waals surface area contributed by atoms with E-state index in [0.29, 0.717) is 10.5 Å². The van der Waals surface area contributed by atoms with Gasteiger partial charge in [0.2, 0.25) is 0 Å². The zero-order valence-electron chi connectivity index (χ0n) is 9.63. The van der Waals surface area contributed by atoms with E-state index in [2.05, 4.69) is 40.3 Å². The summed E-state index contributed by atoms with van der Waals surface area (Å²) in [6.07, 6.45) is 0. The van der Waals surface area contributed by atoms with Crippen LogP contribution in [0.15, 0.2) is 34.8 Å². The predicted octanol–water partition coefficient (Wildman–Crippen LogP) is 4.60. The minimum absolute atomic E-state index is 0.228. The number of nitrogens with one attached hydrogen (secondary N) is 1. The second-order valence-corrected chi connectivity index (χ2v) is 5.81. The maximum absolute atomic E-state index is 13.1. The Morgan fingerprint density at radius 2 is 2.06 bits per heavy atom. The van der Waals surface area contributed by atoms with Crippen molar-refractivity contribution in [3.8, 4) is 10.4 Å². The highest BCUT2D eigenvalue weighted by molar-refractivity contribution is 9.10. The Labute approximate surface area is 113 Å². The maximum Gasteiger partial charge on any atom is 0.137 e. The van der Waals surface area contributed by atoms with Gasteiger partial charge in [0.25, 0.3) is 0 Å². The molecule has 2 aromatic rings. The Morgan fingerprint density at radius 1 is 1.29 bits per heavy atom. The van der Waals surface area contributed by atoms with Crippen LogP contribution >= 0.6 is 27.3 Å². The molecule has 0 aliphatic carbocycles. The van der Waals surface area contributed by atoms with Crippen molar-refractivity contribution in [3.63, 3.8) is 0 Å². The molecule has 17 heavy (non-hydrogen) atoms. The van der Waals surface area contributed by atoms with Gasteiger partial charge in [0.15, 0.2) is 0 Å². The smallest absolute Gasteiger partial charge is 0.137 e. The van der Waals surface area contributed by atoms with Crippen molar-refractivity contribution in [1.29, 1.82) is 0 Å². The molecule has 1 unspecified atom stereocenters. The summed E-state index contributed by atoms with van der Waals surface area (Å²) in [5, 5.41) is 3.21. The van der Waals surface area contributed by atoms with Gasteiger partial charge in [-0.2, -0.15) is 0 Å². The normalized spacial score (nSPS) is 12.7. The highest BCUT2D eigenvalue weighted by atomic mass is 79.9. The molecule has 1 N–H and O–H groups in total. The van der Waals surface area contributed by atoms with Crippen LogP contribution in [0, 0.1) is 5.82 Å². The molecule has 1 atom stereocenters. The van der Waals surface area contributed by atoms with Gasteiger partial charge in [0, 0.05) is 15.8 Å². The molecule has 1 aromatic carbocycles. The van der Waals surface area contributed by atoms with Gasteiger partial charge in [-0.1, -0.05) is 6.07 Å². The molecule has 0 aliphatic heterocycles. The van der Waals surface area contributed by atoms with E-state index in [0.717, 1.165) is 10.4 Å². The second-order valence-electron chi connectivity index (χ2n) is 3.84. The fraction of sp³-hybridized carbons (Fsp3) is 0.231. The van der Waals surface area contributed by atoms with Gasteiger partial charge in [0.1, 0.15) is 5.82 Å². The van der Waals surface area contributed by atoms with Gasteiger partial charge in [-0.15, -0.1) is 11.3 Å². The highest BCUT2D eigenvalue weighted by Crippen LogP contribution is 2.33. The van der Waals surface area contributed by atoms with Gasteiger partial charge in [-0.3, -0.25) is 0 Å². The molecule has 90 valence electrons. The minimum Gasteiger partial charge on any atom is -0.313 e. The summed E-state index contributed by atoms with van der Waals surface area (Å²) >= 11 is 4.94. The molecule has 0 fully saturated rings. The maximum atomic E-state index is 13.1. The fourth-order valence-corrected chi connectivity index (χ4v) is 2.98. The van der Waals surface area contributed by atoms with Crippen LogP contribution in [0.2, 0.25) is 0 Å². The molecule has 4 heteroatoms. The van der Waals surface area contributed by atoms with E-state index < -0.39 is 0 Å². The summed E-state index contributed by atoms with van der Waals surface area (Å²) in [5.74, 6) is -0.228.